The number of likely N-dealkylation sites (N-methyl/N-ethyl adjacent to an activating group) is 1. The third-order valence-corrected chi connectivity index (χ3v) is 6.41. The number of nitrogens with two attached hydrogens (primary N) is 2. The lowest BCUT2D eigenvalue weighted by atomic mass is 9.90. The Bertz CT molecular complexity index is 1110. The summed E-state index contributed by atoms with van der Waals surface area (Å²) in [7, 11) is 1.85. The van der Waals surface area contributed by atoms with Crippen molar-refractivity contribution in [3.63, 3.8) is 0 Å². The first-order valence-corrected chi connectivity index (χ1v) is 13.1. The molecule has 0 radical (unpaired) electrons. The molecular formula is C31H39N5O2. The molecule has 0 heterocycles. The van der Waals surface area contributed by atoms with Gasteiger partial charge in [-0.1, -0.05) is 72.8 Å². The summed E-state index contributed by atoms with van der Waals surface area (Å²) in [6, 6.07) is 27.4. The fraction of sp³-hybridized carbons (Fsp3) is 0.290. The second-order valence-electron chi connectivity index (χ2n) is 9.32. The molecule has 3 rings (SSSR count). The summed E-state index contributed by atoms with van der Waals surface area (Å²) in [5.41, 5.74) is 15.3. The molecule has 2 amide bonds. The maximum Gasteiger partial charge on any atom is 0.244 e. The molecule has 3 aromatic carbocycles. The summed E-state index contributed by atoms with van der Waals surface area (Å²) >= 11 is 0. The van der Waals surface area contributed by atoms with Crippen LogP contribution in [0.25, 0.3) is 6.08 Å². The van der Waals surface area contributed by atoms with Crippen molar-refractivity contribution >= 4 is 23.6 Å². The number of carbonyl (C=O) groups excluding carboxylic acids is 2. The summed E-state index contributed by atoms with van der Waals surface area (Å²) in [5.74, 6) is -0.113. The summed E-state index contributed by atoms with van der Waals surface area (Å²) < 4.78 is 0. The van der Waals surface area contributed by atoms with Crippen molar-refractivity contribution in [3.05, 3.63) is 108 Å². The van der Waals surface area contributed by atoms with E-state index >= 15 is 0 Å². The highest BCUT2D eigenvalue weighted by Crippen LogP contribution is 2.25. The second-order valence-corrected chi connectivity index (χ2v) is 9.32. The molecule has 0 aliphatic rings. The highest BCUT2D eigenvalue weighted by atomic mass is 16.2. The zero-order chi connectivity index (χ0) is 27.2. The molecule has 0 saturated carbocycles. The van der Waals surface area contributed by atoms with E-state index in [1.165, 1.54) is 17.2 Å². The van der Waals surface area contributed by atoms with Crippen LogP contribution in [0.2, 0.25) is 0 Å². The second kappa shape index (κ2) is 15.3. The first-order valence-electron chi connectivity index (χ1n) is 13.1. The predicted molar refractivity (Wildman–Crippen MR) is 155 cm³/mol. The molecular weight excluding hydrogens is 474 g/mol. The van der Waals surface area contributed by atoms with Crippen molar-refractivity contribution in [3.8, 4) is 0 Å². The van der Waals surface area contributed by atoms with E-state index in [4.69, 9.17) is 11.5 Å². The van der Waals surface area contributed by atoms with Crippen molar-refractivity contribution in [1.82, 2.24) is 15.5 Å². The standard InChI is InChI=1S/C31H39N5O2/c1-36(23-28(25-9-4-2-5-10-25)26-11-6-3-7-12-26)31(38)29(13-8-20-32)34-21-22-35-30(37)19-16-24-14-17-27(33)18-15-24/h2-7,9-12,14-19,28-29,34H,8,13,20-23,32-33H2,1H3,(H,35,37)/b19-16+/t29-/m0/s1. The molecule has 0 fully saturated rings. The summed E-state index contributed by atoms with van der Waals surface area (Å²) in [4.78, 5) is 27.5. The van der Waals surface area contributed by atoms with Crippen LogP contribution in [0, 0.1) is 0 Å². The van der Waals surface area contributed by atoms with Crippen molar-refractivity contribution in [2.24, 2.45) is 5.73 Å². The molecule has 38 heavy (non-hydrogen) atoms. The lowest BCUT2D eigenvalue weighted by molar-refractivity contribution is -0.132. The van der Waals surface area contributed by atoms with E-state index in [1.54, 1.807) is 23.1 Å². The Morgan fingerprint density at radius 1 is 0.895 bits per heavy atom. The maximum absolute atomic E-state index is 13.5. The van der Waals surface area contributed by atoms with Crippen LogP contribution in [0.1, 0.15) is 35.4 Å². The number of carbonyl (C=O) groups is 2. The van der Waals surface area contributed by atoms with Gasteiger partial charge in [0.2, 0.25) is 11.8 Å². The molecule has 0 spiro atoms. The van der Waals surface area contributed by atoms with Gasteiger partial charge in [0, 0.05) is 44.4 Å². The highest BCUT2D eigenvalue weighted by Gasteiger charge is 2.24. The van der Waals surface area contributed by atoms with Crippen molar-refractivity contribution < 1.29 is 9.59 Å². The quantitative estimate of drug-likeness (QED) is 0.150. The Hall–Kier alpha value is -3.94. The van der Waals surface area contributed by atoms with Crippen LogP contribution in [-0.2, 0) is 9.59 Å². The topological polar surface area (TPSA) is 113 Å². The molecule has 6 N–H and O–H groups in total. The van der Waals surface area contributed by atoms with Gasteiger partial charge in [0.15, 0.2) is 0 Å². The zero-order valence-electron chi connectivity index (χ0n) is 22.1. The summed E-state index contributed by atoms with van der Waals surface area (Å²) in [5, 5.41) is 6.18. The van der Waals surface area contributed by atoms with Gasteiger partial charge in [-0.05, 0) is 54.3 Å². The zero-order valence-corrected chi connectivity index (χ0v) is 22.1. The average Bonchev–Trinajstić information content (AvgIpc) is 2.95. The highest BCUT2D eigenvalue weighted by molar-refractivity contribution is 5.91. The van der Waals surface area contributed by atoms with Gasteiger partial charge in [-0.2, -0.15) is 0 Å². The number of amides is 2. The van der Waals surface area contributed by atoms with E-state index in [-0.39, 0.29) is 23.8 Å². The number of hydrogen-bond acceptors (Lipinski definition) is 5. The minimum atomic E-state index is -0.377. The fourth-order valence-electron chi connectivity index (χ4n) is 4.31. The first-order chi connectivity index (χ1) is 18.5. The van der Waals surface area contributed by atoms with Crippen LogP contribution in [0.15, 0.2) is 91.0 Å². The molecule has 1 atom stereocenters. The van der Waals surface area contributed by atoms with Gasteiger partial charge in [-0.15, -0.1) is 0 Å². The predicted octanol–water partition coefficient (Wildman–Crippen LogP) is 3.39. The SMILES string of the molecule is CN(CC(c1ccccc1)c1ccccc1)C(=O)[C@H](CCCN)NCCNC(=O)/C=C/c1ccc(N)cc1. The molecule has 0 aliphatic carbocycles. The number of nitrogens with zero attached hydrogens (tertiary/aromatic N) is 1. The van der Waals surface area contributed by atoms with Gasteiger partial charge >= 0.3 is 0 Å². The first kappa shape index (κ1) is 28.6. The minimum absolute atomic E-state index is 0.0184. The van der Waals surface area contributed by atoms with E-state index < -0.39 is 0 Å². The van der Waals surface area contributed by atoms with E-state index in [0.29, 0.717) is 38.3 Å². The fourth-order valence-corrected chi connectivity index (χ4v) is 4.31. The maximum atomic E-state index is 13.5. The smallest absolute Gasteiger partial charge is 0.244 e. The van der Waals surface area contributed by atoms with Crippen molar-refractivity contribution in [1.29, 1.82) is 0 Å². The van der Waals surface area contributed by atoms with Crippen LogP contribution < -0.4 is 22.1 Å². The molecule has 0 aliphatic heterocycles. The molecule has 0 aromatic heterocycles. The Kier molecular flexibility index (Phi) is 11.6. The molecule has 7 nitrogen and oxygen atoms in total. The Balaban J connectivity index is 1.56. The van der Waals surface area contributed by atoms with Crippen LogP contribution in [0.4, 0.5) is 5.69 Å². The number of hydrogen-bond donors (Lipinski definition) is 4. The van der Waals surface area contributed by atoms with Crippen LogP contribution in [-0.4, -0.2) is 56.0 Å². The number of nitrogens with one attached hydrogen (secondary N) is 2. The number of benzene rings is 3. The lowest BCUT2D eigenvalue weighted by Crippen LogP contribution is -2.48. The molecule has 200 valence electrons. The lowest BCUT2D eigenvalue weighted by Gasteiger charge is -2.29. The molecule has 3 aromatic rings. The Morgan fingerprint density at radius 2 is 1.50 bits per heavy atom. The number of anilines is 1. The van der Waals surface area contributed by atoms with E-state index in [2.05, 4.69) is 34.9 Å². The third kappa shape index (κ3) is 9.18. The van der Waals surface area contributed by atoms with E-state index in [1.807, 2.05) is 55.6 Å². The van der Waals surface area contributed by atoms with Crippen LogP contribution in [0.5, 0.6) is 0 Å². The monoisotopic (exact) mass is 513 g/mol. The molecule has 0 saturated heterocycles. The van der Waals surface area contributed by atoms with E-state index in [9.17, 15) is 9.59 Å². The van der Waals surface area contributed by atoms with Gasteiger partial charge in [0.05, 0.1) is 6.04 Å². The van der Waals surface area contributed by atoms with Gasteiger partial charge < -0.3 is 27.0 Å². The van der Waals surface area contributed by atoms with Gasteiger partial charge in [-0.25, -0.2) is 0 Å². The number of rotatable bonds is 14. The van der Waals surface area contributed by atoms with Gasteiger partial charge in [0.25, 0.3) is 0 Å². The van der Waals surface area contributed by atoms with Crippen LogP contribution in [0.3, 0.4) is 0 Å². The Morgan fingerprint density at radius 3 is 2.08 bits per heavy atom. The summed E-state index contributed by atoms with van der Waals surface area (Å²) in [6.07, 6.45) is 4.59. The van der Waals surface area contributed by atoms with Gasteiger partial charge in [0.1, 0.15) is 0 Å². The molecule has 7 heteroatoms. The largest absolute Gasteiger partial charge is 0.399 e. The normalized spacial score (nSPS) is 12.0. The van der Waals surface area contributed by atoms with Gasteiger partial charge in [-0.3, -0.25) is 9.59 Å². The Labute approximate surface area is 225 Å². The van der Waals surface area contributed by atoms with E-state index in [0.717, 1.165) is 12.0 Å². The average molecular weight is 514 g/mol. The van der Waals surface area contributed by atoms with Crippen molar-refractivity contribution in [2.45, 2.75) is 24.8 Å². The summed E-state index contributed by atoms with van der Waals surface area (Å²) in [6.45, 7) is 1.94. The van der Waals surface area contributed by atoms with Crippen molar-refractivity contribution in [2.75, 3.05) is 39.0 Å². The minimum Gasteiger partial charge on any atom is -0.399 e. The molecule has 0 unspecified atom stereocenters. The molecule has 0 bridgehead atoms. The third-order valence-electron chi connectivity index (χ3n) is 6.41. The van der Waals surface area contributed by atoms with Crippen LogP contribution >= 0.6 is 0 Å². The number of nitrogen functional groups attached to an aromatic ring is 1.